The number of benzene rings is 2. The van der Waals surface area contributed by atoms with Crippen molar-refractivity contribution < 1.29 is 5.11 Å². The molecule has 0 saturated carbocycles. The Labute approximate surface area is 119 Å². The number of nitrogens with two attached hydrogens (primary N) is 1. The van der Waals surface area contributed by atoms with Gasteiger partial charge in [0.05, 0.1) is 6.10 Å². The van der Waals surface area contributed by atoms with Crippen molar-refractivity contribution in [2.45, 2.75) is 18.9 Å². The highest BCUT2D eigenvalue weighted by Crippen LogP contribution is 2.28. The molecule has 3 rings (SSSR count). The van der Waals surface area contributed by atoms with Crippen LogP contribution in [0.4, 0.5) is 11.4 Å². The Morgan fingerprint density at radius 2 is 1.85 bits per heavy atom. The standard InChI is InChI=1S/C17H20N2O/c18-15-7-5-14(6-8-15)17(20)10-12-19-11-9-13-3-1-2-4-16(13)19/h1-8,17,20H,9-12,18H2. The van der Waals surface area contributed by atoms with Gasteiger partial charge in [-0.2, -0.15) is 0 Å². The number of aliphatic hydroxyl groups excluding tert-OH is 1. The number of fused-ring (bicyclic) bond motifs is 1. The van der Waals surface area contributed by atoms with E-state index in [1.165, 1.54) is 11.3 Å². The lowest BCUT2D eigenvalue weighted by Gasteiger charge is -2.21. The van der Waals surface area contributed by atoms with Gasteiger partial charge in [-0.25, -0.2) is 0 Å². The van der Waals surface area contributed by atoms with Crippen LogP contribution in [0.5, 0.6) is 0 Å². The lowest BCUT2D eigenvalue weighted by atomic mass is 10.1. The van der Waals surface area contributed by atoms with E-state index in [-0.39, 0.29) is 0 Å². The van der Waals surface area contributed by atoms with Crippen LogP contribution in [-0.4, -0.2) is 18.2 Å². The minimum Gasteiger partial charge on any atom is -0.399 e. The van der Waals surface area contributed by atoms with Crippen molar-refractivity contribution in [3.05, 3.63) is 59.7 Å². The Balaban J connectivity index is 1.62. The van der Waals surface area contributed by atoms with Crippen molar-refractivity contribution in [1.82, 2.24) is 0 Å². The molecule has 1 aliphatic heterocycles. The van der Waals surface area contributed by atoms with Gasteiger partial charge in [-0.15, -0.1) is 0 Å². The van der Waals surface area contributed by atoms with Crippen LogP contribution in [-0.2, 0) is 6.42 Å². The van der Waals surface area contributed by atoms with E-state index in [0.717, 1.165) is 37.2 Å². The summed E-state index contributed by atoms with van der Waals surface area (Å²) in [5.41, 5.74) is 10.1. The van der Waals surface area contributed by atoms with Crippen LogP contribution in [0.2, 0.25) is 0 Å². The third kappa shape index (κ3) is 2.63. The first kappa shape index (κ1) is 13.0. The third-order valence-corrected chi connectivity index (χ3v) is 3.98. The maximum atomic E-state index is 10.3. The molecule has 0 aromatic heterocycles. The molecule has 20 heavy (non-hydrogen) atoms. The average Bonchev–Trinajstić information content (AvgIpc) is 2.89. The molecule has 104 valence electrons. The van der Waals surface area contributed by atoms with Gasteiger partial charge in [0.2, 0.25) is 0 Å². The number of anilines is 2. The molecular formula is C17H20N2O. The van der Waals surface area contributed by atoms with Gasteiger partial charge in [0.1, 0.15) is 0 Å². The summed E-state index contributed by atoms with van der Waals surface area (Å²) in [4.78, 5) is 2.36. The van der Waals surface area contributed by atoms with Crippen molar-refractivity contribution >= 4 is 11.4 Å². The second-order valence-electron chi connectivity index (χ2n) is 5.34. The van der Waals surface area contributed by atoms with E-state index in [1.54, 1.807) is 0 Å². The van der Waals surface area contributed by atoms with Crippen molar-refractivity contribution in [2.75, 3.05) is 23.7 Å². The first-order valence-corrected chi connectivity index (χ1v) is 7.10. The fourth-order valence-corrected chi connectivity index (χ4v) is 2.80. The zero-order chi connectivity index (χ0) is 13.9. The Morgan fingerprint density at radius 3 is 2.65 bits per heavy atom. The van der Waals surface area contributed by atoms with Gasteiger partial charge in [0, 0.05) is 24.5 Å². The van der Waals surface area contributed by atoms with Gasteiger partial charge < -0.3 is 15.7 Å². The lowest BCUT2D eigenvalue weighted by molar-refractivity contribution is 0.169. The van der Waals surface area contributed by atoms with Crippen molar-refractivity contribution in [3.8, 4) is 0 Å². The molecule has 1 heterocycles. The number of aliphatic hydroxyl groups is 1. The SMILES string of the molecule is Nc1ccc(C(O)CCN2CCc3ccccc32)cc1. The van der Waals surface area contributed by atoms with E-state index in [2.05, 4.69) is 29.2 Å². The average molecular weight is 268 g/mol. The fourth-order valence-electron chi connectivity index (χ4n) is 2.80. The predicted molar refractivity (Wildman–Crippen MR) is 82.8 cm³/mol. The predicted octanol–water partition coefficient (Wildman–Crippen LogP) is 2.76. The molecule has 0 aliphatic carbocycles. The second-order valence-corrected chi connectivity index (χ2v) is 5.34. The molecule has 0 spiro atoms. The van der Waals surface area contributed by atoms with Crippen LogP contribution < -0.4 is 10.6 Å². The summed E-state index contributed by atoms with van der Waals surface area (Å²) in [5.74, 6) is 0. The summed E-state index contributed by atoms with van der Waals surface area (Å²) in [6, 6.07) is 16.0. The Morgan fingerprint density at radius 1 is 1.10 bits per heavy atom. The van der Waals surface area contributed by atoms with E-state index in [4.69, 9.17) is 5.73 Å². The summed E-state index contributed by atoms with van der Waals surface area (Å²) in [6.07, 6.45) is 1.41. The van der Waals surface area contributed by atoms with Crippen LogP contribution in [0, 0.1) is 0 Å². The molecule has 0 bridgehead atoms. The van der Waals surface area contributed by atoms with Gasteiger partial charge in [-0.05, 0) is 42.2 Å². The molecule has 0 fully saturated rings. The van der Waals surface area contributed by atoms with Gasteiger partial charge in [-0.3, -0.25) is 0 Å². The third-order valence-electron chi connectivity index (χ3n) is 3.98. The smallest absolute Gasteiger partial charge is 0.0806 e. The highest BCUT2D eigenvalue weighted by atomic mass is 16.3. The molecule has 0 saturated heterocycles. The zero-order valence-electron chi connectivity index (χ0n) is 11.5. The fraction of sp³-hybridized carbons (Fsp3) is 0.294. The van der Waals surface area contributed by atoms with Crippen LogP contribution in [0.3, 0.4) is 0 Å². The number of nitrogen functional groups attached to an aromatic ring is 1. The summed E-state index contributed by atoms with van der Waals surface area (Å²) in [5, 5.41) is 10.3. The van der Waals surface area contributed by atoms with Crippen molar-refractivity contribution in [3.63, 3.8) is 0 Å². The van der Waals surface area contributed by atoms with Crippen LogP contribution in [0.1, 0.15) is 23.7 Å². The summed E-state index contributed by atoms with van der Waals surface area (Å²) in [6.45, 7) is 1.93. The molecule has 0 amide bonds. The van der Waals surface area contributed by atoms with Gasteiger partial charge >= 0.3 is 0 Å². The molecule has 3 N–H and O–H groups in total. The molecule has 1 atom stereocenters. The number of para-hydroxylation sites is 1. The summed E-state index contributed by atoms with van der Waals surface area (Å²) in [7, 11) is 0. The van der Waals surface area contributed by atoms with E-state index in [0.29, 0.717) is 0 Å². The maximum Gasteiger partial charge on any atom is 0.0806 e. The Kier molecular flexibility index (Phi) is 3.61. The first-order chi connectivity index (χ1) is 9.74. The van der Waals surface area contributed by atoms with E-state index < -0.39 is 6.10 Å². The van der Waals surface area contributed by atoms with Gasteiger partial charge in [-0.1, -0.05) is 30.3 Å². The van der Waals surface area contributed by atoms with Gasteiger partial charge in [0.15, 0.2) is 0 Å². The molecule has 3 nitrogen and oxygen atoms in total. The maximum absolute atomic E-state index is 10.3. The highest BCUT2D eigenvalue weighted by Gasteiger charge is 2.19. The summed E-state index contributed by atoms with van der Waals surface area (Å²) < 4.78 is 0. The van der Waals surface area contributed by atoms with Crippen molar-refractivity contribution in [2.24, 2.45) is 0 Å². The summed E-state index contributed by atoms with van der Waals surface area (Å²) >= 11 is 0. The molecule has 2 aromatic rings. The first-order valence-electron chi connectivity index (χ1n) is 7.10. The topological polar surface area (TPSA) is 49.5 Å². The van der Waals surface area contributed by atoms with Crippen LogP contribution in [0.15, 0.2) is 48.5 Å². The number of nitrogens with zero attached hydrogens (tertiary/aromatic N) is 1. The van der Waals surface area contributed by atoms with Crippen LogP contribution in [0.25, 0.3) is 0 Å². The monoisotopic (exact) mass is 268 g/mol. The largest absolute Gasteiger partial charge is 0.399 e. The molecule has 1 aliphatic rings. The zero-order valence-corrected chi connectivity index (χ0v) is 11.5. The van der Waals surface area contributed by atoms with Crippen LogP contribution >= 0.6 is 0 Å². The molecule has 1 unspecified atom stereocenters. The molecule has 3 heteroatoms. The molecule has 2 aromatic carbocycles. The number of rotatable bonds is 4. The Bertz CT molecular complexity index is 580. The second kappa shape index (κ2) is 5.55. The molecule has 0 radical (unpaired) electrons. The van der Waals surface area contributed by atoms with Crippen molar-refractivity contribution in [1.29, 1.82) is 0 Å². The Hall–Kier alpha value is -2.00. The van der Waals surface area contributed by atoms with E-state index in [1.807, 2.05) is 24.3 Å². The normalized spacial score (nSPS) is 15.2. The minimum absolute atomic E-state index is 0.427. The molecular weight excluding hydrogens is 248 g/mol. The number of hydrogen-bond acceptors (Lipinski definition) is 3. The van der Waals surface area contributed by atoms with E-state index >= 15 is 0 Å². The van der Waals surface area contributed by atoms with E-state index in [9.17, 15) is 5.11 Å². The lowest BCUT2D eigenvalue weighted by Crippen LogP contribution is -2.23. The van der Waals surface area contributed by atoms with Gasteiger partial charge in [0.25, 0.3) is 0 Å². The minimum atomic E-state index is -0.427. The number of hydrogen-bond donors (Lipinski definition) is 2. The quantitative estimate of drug-likeness (QED) is 0.838. The highest BCUT2D eigenvalue weighted by molar-refractivity contribution is 5.57.